The molecule has 0 aromatic heterocycles. The molecular weight excluding hydrogens is 160 g/mol. The van der Waals surface area contributed by atoms with Crippen LogP contribution in [-0.4, -0.2) is 24.7 Å². The van der Waals surface area contributed by atoms with Crippen molar-refractivity contribution in [3.8, 4) is 0 Å². The number of hydrogen-bond acceptors (Lipinski definition) is 2. The van der Waals surface area contributed by atoms with Gasteiger partial charge in [0.2, 0.25) is 0 Å². The third-order valence-electron chi connectivity index (χ3n) is 2.94. The largest absolute Gasteiger partial charge is 0.313 e. The van der Waals surface area contributed by atoms with Gasteiger partial charge in [0.25, 0.3) is 0 Å². The summed E-state index contributed by atoms with van der Waals surface area (Å²) < 4.78 is 0. The molecule has 0 amide bonds. The summed E-state index contributed by atoms with van der Waals surface area (Å²) in [4.78, 5) is 0. The summed E-state index contributed by atoms with van der Waals surface area (Å²) in [6.07, 6.45) is 5.52. The van der Waals surface area contributed by atoms with Gasteiger partial charge in [0.15, 0.2) is 0 Å². The lowest BCUT2D eigenvalue weighted by atomic mass is 10.0. The van der Waals surface area contributed by atoms with Gasteiger partial charge >= 0.3 is 0 Å². The highest BCUT2D eigenvalue weighted by Crippen LogP contribution is 2.28. The first kappa shape index (κ1) is 11.0. The van der Waals surface area contributed by atoms with E-state index in [1.165, 1.54) is 25.7 Å². The van der Waals surface area contributed by atoms with Crippen molar-refractivity contribution in [2.75, 3.05) is 13.1 Å². The van der Waals surface area contributed by atoms with E-state index in [1.54, 1.807) is 0 Å². The van der Waals surface area contributed by atoms with Gasteiger partial charge in [-0.3, -0.25) is 0 Å². The second-order valence-electron chi connectivity index (χ2n) is 4.80. The second kappa shape index (κ2) is 4.97. The maximum absolute atomic E-state index is 3.65. The van der Waals surface area contributed by atoms with Crippen LogP contribution in [0.15, 0.2) is 0 Å². The average Bonchev–Trinajstić information content (AvgIpc) is 2.47. The van der Waals surface area contributed by atoms with E-state index in [0.717, 1.165) is 13.1 Å². The highest BCUT2D eigenvalue weighted by molar-refractivity contribution is 4.88. The SMILES string of the molecule is CC(C)NCCNC1(C)CCCC1. The van der Waals surface area contributed by atoms with Crippen molar-refractivity contribution in [1.29, 1.82) is 0 Å². The maximum Gasteiger partial charge on any atom is 0.0153 e. The van der Waals surface area contributed by atoms with Crippen LogP contribution in [-0.2, 0) is 0 Å². The molecule has 0 aliphatic heterocycles. The predicted molar refractivity (Wildman–Crippen MR) is 58.0 cm³/mol. The first-order valence-corrected chi connectivity index (χ1v) is 5.61. The molecule has 0 spiro atoms. The average molecular weight is 184 g/mol. The van der Waals surface area contributed by atoms with Crippen LogP contribution < -0.4 is 10.6 Å². The van der Waals surface area contributed by atoms with Crippen molar-refractivity contribution in [3.05, 3.63) is 0 Å². The van der Waals surface area contributed by atoms with Crippen LogP contribution in [0.5, 0.6) is 0 Å². The Hall–Kier alpha value is -0.0800. The topological polar surface area (TPSA) is 24.1 Å². The molecule has 0 heterocycles. The lowest BCUT2D eigenvalue weighted by Crippen LogP contribution is -2.43. The lowest BCUT2D eigenvalue weighted by molar-refractivity contribution is 0.360. The molecule has 1 fully saturated rings. The van der Waals surface area contributed by atoms with E-state index in [1.807, 2.05) is 0 Å². The van der Waals surface area contributed by atoms with Gasteiger partial charge in [-0.15, -0.1) is 0 Å². The molecule has 1 rings (SSSR count). The van der Waals surface area contributed by atoms with Gasteiger partial charge in [0, 0.05) is 24.7 Å². The van der Waals surface area contributed by atoms with Crippen molar-refractivity contribution in [2.45, 2.75) is 58.0 Å². The van der Waals surface area contributed by atoms with Crippen LogP contribution in [0.4, 0.5) is 0 Å². The summed E-state index contributed by atoms with van der Waals surface area (Å²) in [7, 11) is 0. The Balaban J connectivity index is 2.04. The summed E-state index contributed by atoms with van der Waals surface area (Å²) in [5, 5.41) is 7.07. The fourth-order valence-corrected chi connectivity index (χ4v) is 2.06. The molecule has 2 nitrogen and oxygen atoms in total. The van der Waals surface area contributed by atoms with E-state index < -0.39 is 0 Å². The van der Waals surface area contributed by atoms with E-state index in [2.05, 4.69) is 31.4 Å². The second-order valence-corrected chi connectivity index (χ2v) is 4.80. The molecule has 2 N–H and O–H groups in total. The fraction of sp³-hybridized carbons (Fsp3) is 1.00. The molecule has 0 radical (unpaired) electrons. The number of hydrogen-bond donors (Lipinski definition) is 2. The smallest absolute Gasteiger partial charge is 0.0153 e. The Kier molecular flexibility index (Phi) is 4.20. The van der Waals surface area contributed by atoms with Gasteiger partial charge in [0.1, 0.15) is 0 Å². The summed E-state index contributed by atoms with van der Waals surface area (Å²) in [5.74, 6) is 0. The molecule has 0 bridgehead atoms. The first-order chi connectivity index (χ1) is 6.12. The summed E-state index contributed by atoms with van der Waals surface area (Å²) in [6, 6.07) is 0.609. The van der Waals surface area contributed by atoms with E-state index in [9.17, 15) is 0 Å². The fourth-order valence-electron chi connectivity index (χ4n) is 2.06. The van der Waals surface area contributed by atoms with Crippen molar-refractivity contribution < 1.29 is 0 Å². The molecule has 2 heteroatoms. The zero-order valence-corrected chi connectivity index (χ0v) is 9.32. The zero-order chi connectivity index (χ0) is 9.73. The Morgan fingerprint density at radius 3 is 2.31 bits per heavy atom. The Morgan fingerprint density at radius 2 is 1.77 bits per heavy atom. The van der Waals surface area contributed by atoms with Crippen LogP contribution in [0.3, 0.4) is 0 Å². The lowest BCUT2D eigenvalue weighted by Gasteiger charge is -2.25. The van der Waals surface area contributed by atoms with Crippen LogP contribution in [0, 0.1) is 0 Å². The minimum Gasteiger partial charge on any atom is -0.313 e. The van der Waals surface area contributed by atoms with Crippen molar-refractivity contribution in [3.63, 3.8) is 0 Å². The van der Waals surface area contributed by atoms with Gasteiger partial charge in [0.05, 0.1) is 0 Å². The molecule has 0 saturated heterocycles. The molecule has 0 atom stereocenters. The van der Waals surface area contributed by atoms with Gasteiger partial charge in [-0.2, -0.15) is 0 Å². The van der Waals surface area contributed by atoms with Crippen LogP contribution in [0.25, 0.3) is 0 Å². The molecule has 1 aliphatic carbocycles. The summed E-state index contributed by atoms with van der Waals surface area (Å²) in [6.45, 7) is 8.94. The van der Waals surface area contributed by atoms with Crippen molar-refractivity contribution in [1.82, 2.24) is 10.6 Å². The van der Waals surface area contributed by atoms with Crippen molar-refractivity contribution in [2.24, 2.45) is 0 Å². The van der Waals surface area contributed by atoms with Crippen LogP contribution in [0.1, 0.15) is 46.5 Å². The zero-order valence-electron chi connectivity index (χ0n) is 9.32. The first-order valence-electron chi connectivity index (χ1n) is 5.61. The molecule has 1 aliphatic rings. The predicted octanol–water partition coefficient (Wildman–Crippen LogP) is 1.91. The van der Waals surface area contributed by atoms with E-state index in [-0.39, 0.29) is 0 Å². The highest BCUT2D eigenvalue weighted by Gasteiger charge is 2.27. The van der Waals surface area contributed by atoms with Gasteiger partial charge in [-0.25, -0.2) is 0 Å². The Bertz CT molecular complexity index is 137. The molecule has 78 valence electrons. The third kappa shape index (κ3) is 4.10. The Morgan fingerprint density at radius 1 is 1.15 bits per heavy atom. The van der Waals surface area contributed by atoms with Gasteiger partial charge in [-0.1, -0.05) is 26.7 Å². The monoisotopic (exact) mass is 184 g/mol. The molecule has 13 heavy (non-hydrogen) atoms. The van der Waals surface area contributed by atoms with E-state index in [4.69, 9.17) is 0 Å². The quantitative estimate of drug-likeness (QED) is 0.638. The van der Waals surface area contributed by atoms with E-state index in [0.29, 0.717) is 11.6 Å². The van der Waals surface area contributed by atoms with E-state index >= 15 is 0 Å². The molecule has 0 aromatic carbocycles. The van der Waals surface area contributed by atoms with Crippen LogP contribution >= 0.6 is 0 Å². The van der Waals surface area contributed by atoms with Crippen LogP contribution in [0.2, 0.25) is 0 Å². The standard InChI is InChI=1S/C11H24N2/c1-10(2)12-8-9-13-11(3)6-4-5-7-11/h10,12-13H,4-9H2,1-3H3. The van der Waals surface area contributed by atoms with Crippen molar-refractivity contribution >= 4 is 0 Å². The maximum atomic E-state index is 3.65. The minimum absolute atomic E-state index is 0.443. The minimum atomic E-state index is 0.443. The van der Waals surface area contributed by atoms with Gasteiger partial charge in [-0.05, 0) is 19.8 Å². The third-order valence-corrected chi connectivity index (χ3v) is 2.94. The van der Waals surface area contributed by atoms with Gasteiger partial charge < -0.3 is 10.6 Å². The molecule has 0 unspecified atom stereocenters. The molecule has 0 aromatic rings. The molecular formula is C11H24N2. The highest BCUT2D eigenvalue weighted by atomic mass is 15.0. The molecule has 1 saturated carbocycles. The summed E-state index contributed by atoms with van der Waals surface area (Å²) >= 11 is 0. The number of nitrogens with one attached hydrogen (secondary N) is 2. The number of rotatable bonds is 5. The Labute approximate surface area is 82.5 Å². The summed E-state index contributed by atoms with van der Waals surface area (Å²) in [5.41, 5.74) is 0.443. The normalized spacial score (nSPS) is 21.2.